The molecule has 5 rings (SSSR count). The highest BCUT2D eigenvalue weighted by Gasteiger charge is 2.23. The SMILES string of the molecule is CC(=O)N1CCCCCCCN(C(=O)c2ccc(-c3csc(C)n3)cc2)Cc2ccc(CN3CCOCC3)cc21. The third-order valence-electron chi connectivity index (χ3n) is 7.84. The minimum Gasteiger partial charge on any atom is -0.379 e. The van der Waals surface area contributed by atoms with Crippen LogP contribution in [0.1, 0.15) is 65.5 Å². The molecule has 0 bridgehead atoms. The number of rotatable bonds is 4. The lowest BCUT2D eigenvalue weighted by Crippen LogP contribution is -2.36. The lowest BCUT2D eigenvalue weighted by Gasteiger charge is -2.30. The van der Waals surface area contributed by atoms with Gasteiger partial charge in [-0.1, -0.05) is 43.5 Å². The van der Waals surface area contributed by atoms with Gasteiger partial charge in [-0.15, -0.1) is 11.3 Å². The van der Waals surface area contributed by atoms with Crippen LogP contribution in [0.2, 0.25) is 0 Å². The Balaban J connectivity index is 1.42. The van der Waals surface area contributed by atoms with Crippen LogP contribution in [0.25, 0.3) is 11.3 Å². The molecule has 0 unspecified atom stereocenters. The third kappa shape index (κ3) is 7.16. The number of aromatic nitrogens is 1. The molecule has 3 aromatic rings. The summed E-state index contributed by atoms with van der Waals surface area (Å²) < 4.78 is 5.52. The van der Waals surface area contributed by atoms with Crippen molar-refractivity contribution in [1.82, 2.24) is 14.8 Å². The van der Waals surface area contributed by atoms with E-state index in [9.17, 15) is 9.59 Å². The first-order valence-electron chi connectivity index (χ1n) is 14.5. The Bertz CT molecular complexity index is 1300. The van der Waals surface area contributed by atoms with Crippen LogP contribution in [-0.2, 0) is 22.6 Å². The molecule has 0 radical (unpaired) electrons. The fraction of sp³-hybridized carbons (Fsp3) is 0.469. The normalized spacial score (nSPS) is 17.6. The Kier molecular flexibility index (Phi) is 9.62. The molecule has 8 heteroatoms. The Morgan fingerprint density at radius 2 is 1.65 bits per heavy atom. The summed E-state index contributed by atoms with van der Waals surface area (Å²) in [6, 6.07) is 14.3. The molecule has 0 aliphatic carbocycles. The summed E-state index contributed by atoms with van der Waals surface area (Å²) in [5, 5.41) is 3.08. The average Bonchev–Trinajstić information content (AvgIpc) is 3.40. The number of hydrogen-bond donors (Lipinski definition) is 0. The van der Waals surface area contributed by atoms with Crippen molar-refractivity contribution in [3.05, 3.63) is 69.5 Å². The second kappa shape index (κ2) is 13.5. The lowest BCUT2D eigenvalue weighted by molar-refractivity contribution is -0.116. The Labute approximate surface area is 241 Å². The topological polar surface area (TPSA) is 66.0 Å². The van der Waals surface area contributed by atoms with Crippen LogP contribution in [0.3, 0.4) is 0 Å². The maximum Gasteiger partial charge on any atom is 0.254 e. The van der Waals surface area contributed by atoms with Crippen molar-refractivity contribution in [2.24, 2.45) is 0 Å². The number of carbonyl (C=O) groups excluding carboxylic acids is 2. The number of hydrogen-bond acceptors (Lipinski definition) is 6. The van der Waals surface area contributed by atoms with Crippen LogP contribution in [0, 0.1) is 6.92 Å². The summed E-state index contributed by atoms with van der Waals surface area (Å²) in [7, 11) is 0. The van der Waals surface area contributed by atoms with Gasteiger partial charge in [0, 0.05) is 68.4 Å². The Hall–Kier alpha value is -3.07. The number of anilines is 1. The molecule has 3 heterocycles. The zero-order chi connectivity index (χ0) is 27.9. The van der Waals surface area contributed by atoms with E-state index in [1.165, 1.54) is 5.56 Å². The minimum atomic E-state index is 0.0239. The molecule has 2 aromatic carbocycles. The van der Waals surface area contributed by atoms with E-state index in [4.69, 9.17) is 4.74 Å². The van der Waals surface area contributed by atoms with Gasteiger partial charge in [-0.3, -0.25) is 14.5 Å². The zero-order valence-electron chi connectivity index (χ0n) is 23.7. The fourth-order valence-electron chi connectivity index (χ4n) is 5.58. The van der Waals surface area contributed by atoms with Gasteiger partial charge in [0.15, 0.2) is 0 Å². The number of aryl methyl sites for hydroxylation is 1. The highest BCUT2D eigenvalue weighted by atomic mass is 32.1. The van der Waals surface area contributed by atoms with Crippen LogP contribution in [0.15, 0.2) is 47.8 Å². The molecule has 2 aliphatic rings. The number of morpholine rings is 1. The van der Waals surface area contributed by atoms with Crippen molar-refractivity contribution >= 4 is 28.8 Å². The van der Waals surface area contributed by atoms with Gasteiger partial charge in [-0.2, -0.15) is 0 Å². The van der Waals surface area contributed by atoms with Crippen molar-refractivity contribution in [3.63, 3.8) is 0 Å². The fourth-order valence-corrected chi connectivity index (χ4v) is 6.20. The second-order valence-electron chi connectivity index (χ2n) is 10.8. The van der Waals surface area contributed by atoms with Crippen molar-refractivity contribution in [2.75, 3.05) is 44.3 Å². The van der Waals surface area contributed by atoms with Gasteiger partial charge in [0.1, 0.15) is 0 Å². The lowest BCUT2D eigenvalue weighted by atomic mass is 10.0. The first-order chi connectivity index (χ1) is 19.5. The first kappa shape index (κ1) is 28.5. The van der Waals surface area contributed by atoms with Crippen molar-refractivity contribution in [1.29, 1.82) is 0 Å². The van der Waals surface area contributed by atoms with Gasteiger partial charge in [0.2, 0.25) is 5.91 Å². The number of amides is 2. The number of benzene rings is 2. The monoisotopic (exact) mass is 560 g/mol. The molecule has 1 saturated heterocycles. The van der Waals surface area contributed by atoms with Gasteiger partial charge in [-0.05, 0) is 49.1 Å². The van der Waals surface area contributed by atoms with Gasteiger partial charge in [0.25, 0.3) is 5.91 Å². The summed E-state index contributed by atoms with van der Waals surface area (Å²) in [5.41, 5.74) is 5.78. The maximum atomic E-state index is 13.8. The Morgan fingerprint density at radius 3 is 2.35 bits per heavy atom. The number of fused-ring (bicyclic) bond motifs is 1. The predicted octanol–water partition coefficient (Wildman–Crippen LogP) is 5.91. The molecule has 0 N–H and O–H groups in total. The molecule has 212 valence electrons. The summed E-state index contributed by atoms with van der Waals surface area (Å²) >= 11 is 1.63. The predicted molar refractivity (Wildman–Crippen MR) is 161 cm³/mol. The van der Waals surface area contributed by atoms with Crippen LogP contribution >= 0.6 is 11.3 Å². The van der Waals surface area contributed by atoms with Crippen molar-refractivity contribution < 1.29 is 14.3 Å². The molecular formula is C32H40N4O3S. The highest BCUT2D eigenvalue weighted by Crippen LogP contribution is 2.28. The number of carbonyl (C=O) groups is 2. The first-order valence-corrected chi connectivity index (χ1v) is 15.4. The van der Waals surface area contributed by atoms with Crippen LogP contribution in [0.5, 0.6) is 0 Å². The number of nitrogens with zero attached hydrogens (tertiary/aromatic N) is 4. The summed E-state index contributed by atoms with van der Waals surface area (Å²) in [6.45, 7) is 9.69. The van der Waals surface area contributed by atoms with E-state index in [2.05, 4.69) is 28.1 Å². The van der Waals surface area contributed by atoms with Gasteiger partial charge < -0.3 is 14.5 Å². The quantitative estimate of drug-likeness (QED) is 0.397. The number of ether oxygens (including phenoxy) is 1. The molecule has 1 fully saturated rings. The van der Waals surface area contributed by atoms with Gasteiger partial charge in [0.05, 0.1) is 23.9 Å². The van der Waals surface area contributed by atoms with Crippen LogP contribution < -0.4 is 4.90 Å². The smallest absolute Gasteiger partial charge is 0.254 e. The van der Waals surface area contributed by atoms with Crippen LogP contribution in [-0.4, -0.2) is 66.0 Å². The zero-order valence-corrected chi connectivity index (χ0v) is 24.5. The minimum absolute atomic E-state index is 0.0239. The molecule has 2 amide bonds. The molecule has 7 nitrogen and oxygen atoms in total. The van der Waals surface area contributed by atoms with E-state index < -0.39 is 0 Å². The Morgan fingerprint density at radius 1 is 0.925 bits per heavy atom. The summed E-state index contributed by atoms with van der Waals surface area (Å²) in [6.07, 6.45) is 5.23. The van der Waals surface area contributed by atoms with E-state index in [0.29, 0.717) is 25.2 Å². The van der Waals surface area contributed by atoms with E-state index in [1.54, 1.807) is 18.3 Å². The molecule has 0 atom stereocenters. The largest absolute Gasteiger partial charge is 0.379 e. The van der Waals surface area contributed by atoms with Gasteiger partial charge >= 0.3 is 0 Å². The second-order valence-corrected chi connectivity index (χ2v) is 11.9. The number of thiazole rings is 1. The molecule has 40 heavy (non-hydrogen) atoms. The summed E-state index contributed by atoms with van der Waals surface area (Å²) in [5.74, 6) is 0.0726. The van der Waals surface area contributed by atoms with Gasteiger partial charge in [-0.25, -0.2) is 4.98 Å². The average molecular weight is 561 g/mol. The molecule has 2 aliphatic heterocycles. The molecular weight excluding hydrogens is 520 g/mol. The summed E-state index contributed by atoms with van der Waals surface area (Å²) in [4.78, 5) is 37.6. The van der Waals surface area contributed by atoms with Crippen molar-refractivity contribution in [2.45, 2.75) is 59.0 Å². The van der Waals surface area contributed by atoms with E-state index in [0.717, 1.165) is 92.5 Å². The van der Waals surface area contributed by atoms with E-state index in [1.807, 2.05) is 46.4 Å². The van der Waals surface area contributed by atoms with Crippen LogP contribution in [0.4, 0.5) is 5.69 Å². The van der Waals surface area contributed by atoms with E-state index in [-0.39, 0.29) is 11.8 Å². The molecule has 0 spiro atoms. The molecule has 0 saturated carbocycles. The standard InChI is InChI=1S/C32H40N4O3S/c1-24-33-30(23-40-24)27-10-12-28(13-11-27)32(38)35-14-6-4-3-5-7-15-36(25(2)37)31-20-26(8-9-29(31)22-35)21-34-16-18-39-19-17-34/h8-13,20,23H,3-7,14-19,21-22H2,1-2H3. The highest BCUT2D eigenvalue weighted by molar-refractivity contribution is 7.09. The third-order valence-corrected chi connectivity index (χ3v) is 8.61. The van der Waals surface area contributed by atoms with E-state index >= 15 is 0 Å². The maximum absolute atomic E-state index is 13.8. The van der Waals surface area contributed by atoms with Crippen molar-refractivity contribution in [3.8, 4) is 11.3 Å². The molecule has 1 aromatic heterocycles.